The summed E-state index contributed by atoms with van der Waals surface area (Å²) in [6.45, 7) is 7.18. The molecule has 1 spiro atoms. The number of fused-ring (bicyclic) bond motifs is 1. The Morgan fingerprint density at radius 2 is 1.74 bits per heavy atom. The zero-order chi connectivity index (χ0) is 19.2. The number of carbonyl (C=O) groups is 2. The Hall–Kier alpha value is -2.62. The smallest absolute Gasteiger partial charge is 0.254 e. The zero-order valence-electron chi connectivity index (χ0n) is 16.2. The van der Waals surface area contributed by atoms with Crippen molar-refractivity contribution in [3.8, 4) is 5.75 Å². The molecule has 0 unspecified atom stereocenters. The first-order valence-corrected chi connectivity index (χ1v) is 9.57. The van der Waals surface area contributed by atoms with E-state index in [1.54, 1.807) is 0 Å². The van der Waals surface area contributed by atoms with Crippen LogP contribution in [0.5, 0.6) is 5.75 Å². The second-order valence-electron chi connectivity index (χ2n) is 7.95. The number of hydrogen-bond acceptors (Lipinski definition) is 3. The molecule has 0 radical (unpaired) electrons. The summed E-state index contributed by atoms with van der Waals surface area (Å²) < 4.78 is 6.42. The van der Waals surface area contributed by atoms with E-state index in [1.165, 1.54) is 0 Å². The van der Waals surface area contributed by atoms with Gasteiger partial charge in [-0.2, -0.15) is 0 Å². The number of benzene rings is 2. The van der Waals surface area contributed by atoms with E-state index in [-0.39, 0.29) is 11.7 Å². The minimum absolute atomic E-state index is 0.0669. The van der Waals surface area contributed by atoms with Gasteiger partial charge in [-0.15, -0.1) is 0 Å². The summed E-state index contributed by atoms with van der Waals surface area (Å²) in [6.07, 6.45) is 1.77. The summed E-state index contributed by atoms with van der Waals surface area (Å²) in [7, 11) is 0. The van der Waals surface area contributed by atoms with Gasteiger partial charge in [0.15, 0.2) is 5.78 Å². The molecule has 140 valence electrons. The van der Waals surface area contributed by atoms with Crippen molar-refractivity contribution in [3.05, 3.63) is 64.2 Å². The van der Waals surface area contributed by atoms with Crippen LogP contribution in [0.15, 0.2) is 36.4 Å². The molecule has 1 amide bonds. The molecule has 4 nitrogen and oxygen atoms in total. The maximum Gasteiger partial charge on any atom is 0.254 e. The first-order chi connectivity index (χ1) is 12.9. The van der Waals surface area contributed by atoms with Gasteiger partial charge in [-0.1, -0.05) is 24.3 Å². The highest BCUT2D eigenvalue weighted by Gasteiger charge is 2.44. The van der Waals surface area contributed by atoms with E-state index in [1.807, 2.05) is 56.0 Å². The molecule has 2 heterocycles. The minimum atomic E-state index is -0.480. The molecule has 2 aliphatic heterocycles. The predicted molar refractivity (Wildman–Crippen MR) is 105 cm³/mol. The standard InChI is InChI=1S/C23H25NO3/c1-15-12-17(3)21-19(13-15)20(25)14-23(27-21)8-10-24(11-9-23)22(26)18-7-5-4-6-16(18)2/h4-7,12-13H,8-11,14H2,1-3H3. The van der Waals surface area contributed by atoms with E-state index in [0.717, 1.165) is 28.0 Å². The number of aryl methyl sites for hydroxylation is 3. The second kappa shape index (κ2) is 6.52. The van der Waals surface area contributed by atoms with Crippen molar-refractivity contribution in [1.82, 2.24) is 4.90 Å². The Bertz CT molecular complexity index is 923. The van der Waals surface area contributed by atoms with Crippen LogP contribution in [0.25, 0.3) is 0 Å². The van der Waals surface area contributed by atoms with Crippen LogP contribution in [0.3, 0.4) is 0 Å². The molecule has 2 aromatic rings. The summed E-state index contributed by atoms with van der Waals surface area (Å²) in [5, 5.41) is 0. The van der Waals surface area contributed by atoms with Gasteiger partial charge in [-0.3, -0.25) is 9.59 Å². The highest BCUT2D eigenvalue weighted by Crippen LogP contribution is 2.41. The van der Waals surface area contributed by atoms with Gasteiger partial charge in [-0.05, 0) is 49.6 Å². The molecular formula is C23H25NO3. The SMILES string of the molecule is Cc1cc(C)c2c(c1)C(=O)CC1(CCN(C(=O)c3ccccc3C)CC1)O2. The number of rotatable bonds is 1. The Balaban J connectivity index is 1.53. The molecule has 2 aliphatic rings. The fourth-order valence-electron chi connectivity index (χ4n) is 4.32. The summed E-state index contributed by atoms with van der Waals surface area (Å²) in [6, 6.07) is 11.7. The molecular weight excluding hydrogens is 338 g/mol. The van der Waals surface area contributed by atoms with Crippen LogP contribution < -0.4 is 4.74 Å². The van der Waals surface area contributed by atoms with Gasteiger partial charge in [-0.25, -0.2) is 0 Å². The molecule has 27 heavy (non-hydrogen) atoms. The maximum absolute atomic E-state index is 12.9. The Labute approximate surface area is 160 Å². The fourth-order valence-corrected chi connectivity index (χ4v) is 4.32. The molecule has 0 atom stereocenters. The average molecular weight is 363 g/mol. The van der Waals surface area contributed by atoms with Gasteiger partial charge in [0.05, 0.1) is 12.0 Å². The van der Waals surface area contributed by atoms with Crippen LogP contribution >= 0.6 is 0 Å². The number of piperidine rings is 1. The van der Waals surface area contributed by atoms with E-state index >= 15 is 0 Å². The van der Waals surface area contributed by atoms with Crippen LogP contribution in [0.4, 0.5) is 0 Å². The van der Waals surface area contributed by atoms with E-state index in [4.69, 9.17) is 4.74 Å². The van der Waals surface area contributed by atoms with Crippen LogP contribution in [-0.4, -0.2) is 35.3 Å². The van der Waals surface area contributed by atoms with Crippen LogP contribution in [0.1, 0.15) is 56.7 Å². The van der Waals surface area contributed by atoms with Gasteiger partial charge in [0, 0.05) is 31.5 Å². The molecule has 0 N–H and O–H groups in total. The monoisotopic (exact) mass is 363 g/mol. The number of ketones is 1. The topological polar surface area (TPSA) is 46.6 Å². The van der Waals surface area contributed by atoms with Crippen LogP contribution in [0.2, 0.25) is 0 Å². The lowest BCUT2D eigenvalue weighted by atomic mass is 9.81. The van der Waals surface area contributed by atoms with Crippen molar-refractivity contribution in [2.45, 2.75) is 45.6 Å². The van der Waals surface area contributed by atoms with E-state index in [2.05, 4.69) is 6.07 Å². The number of nitrogens with zero attached hydrogens (tertiary/aromatic N) is 1. The molecule has 1 saturated heterocycles. The lowest BCUT2D eigenvalue weighted by Crippen LogP contribution is -2.52. The molecule has 1 fully saturated rings. The van der Waals surface area contributed by atoms with Crippen molar-refractivity contribution < 1.29 is 14.3 Å². The third-order valence-electron chi connectivity index (χ3n) is 5.86. The van der Waals surface area contributed by atoms with Crippen molar-refractivity contribution in [1.29, 1.82) is 0 Å². The predicted octanol–water partition coefficient (Wildman–Crippen LogP) is 4.25. The van der Waals surface area contributed by atoms with Gasteiger partial charge in [0.1, 0.15) is 11.4 Å². The minimum Gasteiger partial charge on any atom is -0.486 e. The Morgan fingerprint density at radius 1 is 1.04 bits per heavy atom. The number of Topliss-reactive ketones (excluding diaryl/α,β-unsaturated/α-hetero) is 1. The van der Waals surface area contributed by atoms with E-state index in [9.17, 15) is 9.59 Å². The van der Waals surface area contributed by atoms with Gasteiger partial charge < -0.3 is 9.64 Å². The van der Waals surface area contributed by atoms with E-state index < -0.39 is 5.60 Å². The molecule has 0 saturated carbocycles. The quantitative estimate of drug-likeness (QED) is 0.761. The van der Waals surface area contributed by atoms with Crippen molar-refractivity contribution in [2.75, 3.05) is 13.1 Å². The number of amides is 1. The average Bonchev–Trinajstić information content (AvgIpc) is 2.63. The normalized spacial score (nSPS) is 18.2. The number of hydrogen-bond donors (Lipinski definition) is 0. The zero-order valence-corrected chi connectivity index (χ0v) is 16.2. The summed E-state index contributed by atoms with van der Waals surface area (Å²) in [5.41, 5.74) is 4.06. The molecule has 4 heteroatoms. The first kappa shape index (κ1) is 17.8. The highest BCUT2D eigenvalue weighted by molar-refractivity contribution is 6.01. The molecule has 2 aromatic carbocycles. The van der Waals surface area contributed by atoms with Gasteiger partial charge >= 0.3 is 0 Å². The van der Waals surface area contributed by atoms with Crippen molar-refractivity contribution in [3.63, 3.8) is 0 Å². The Morgan fingerprint density at radius 3 is 2.44 bits per heavy atom. The van der Waals surface area contributed by atoms with Gasteiger partial charge in [0.25, 0.3) is 5.91 Å². The number of carbonyl (C=O) groups excluding carboxylic acids is 2. The van der Waals surface area contributed by atoms with Crippen molar-refractivity contribution in [2.24, 2.45) is 0 Å². The third-order valence-corrected chi connectivity index (χ3v) is 5.86. The van der Waals surface area contributed by atoms with Gasteiger partial charge in [0.2, 0.25) is 0 Å². The largest absolute Gasteiger partial charge is 0.486 e. The number of ether oxygens (including phenoxy) is 1. The number of likely N-dealkylation sites (tertiary alicyclic amines) is 1. The molecule has 4 rings (SSSR count). The van der Waals surface area contributed by atoms with Crippen LogP contribution in [-0.2, 0) is 0 Å². The fraction of sp³-hybridized carbons (Fsp3) is 0.391. The molecule has 0 aromatic heterocycles. The van der Waals surface area contributed by atoms with Crippen LogP contribution in [0, 0.1) is 20.8 Å². The lowest BCUT2D eigenvalue weighted by molar-refractivity contribution is -0.00620. The second-order valence-corrected chi connectivity index (χ2v) is 7.95. The summed E-state index contributed by atoms with van der Waals surface area (Å²) >= 11 is 0. The Kier molecular flexibility index (Phi) is 4.29. The highest BCUT2D eigenvalue weighted by atomic mass is 16.5. The summed E-state index contributed by atoms with van der Waals surface area (Å²) in [4.78, 5) is 27.5. The van der Waals surface area contributed by atoms with E-state index in [0.29, 0.717) is 37.9 Å². The van der Waals surface area contributed by atoms with Crippen molar-refractivity contribution >= 4 is 11.7 Å². The first-order valence-electron chi connectivity index (χ1n) is 9.57. The third kappa shape index (κ3) is 3.14. The summed E-state index contributed by atoms with van der Waals surface area (Å²) in [5.74, 6) is 0.953. The molecule has 0 aliphatic carbocycles. The lowest BCUT2D eigenvalue weighted by Gasteiger charge is -2.44. The maximum atomic E-state index is 12.9. The molecule has 0 bridgehead atoms.